The van der Waals surface area contributed by atoms with E-state index in [-0.39, 0.29) is 0 Å². The Kier molecular flexibility index (Phi) is 2.58. The highest BCUT2D eigenvalue weighted by Gasteiger charge is 2.14. The number of fused-ring (bicyclic) bond motifs is 1. The van der Waals surface area contributed by atoms with Crippen molar-refractivity contribution >= 4 is 10.8 Å². The van der Waals surface area contributed by atoms with Crippen LogP contribution >= 0.6 is 0 Å². The molecule has 0 amide bonds. The van der Waals surface area contributed by atoms with E-state index in [1.165, 1.54) is 5.39 Å². The van der Waals surface area contributed by atoms with Crippen LogP contribution in [0.15, 0.2) is 28.7 Å². The van der Waals surface area contributed by atoms with Crippen LogP contribution in [0.1, 0.15) is 18.4 Å². The van der Waals surface area contributed by atoms with Crippen LogP contribution in [0.2, 0.25) is 0 Å². The summed E-state index contributed by atoms with van der Waals surface area (Å²) < 4.78 is 10.9. The van der Waals surface area contributed by atoms with Crippen LogP contribution in [0.5, 0.6) is 5.75 Å². The standard InChI is InChI=1S/C13H15O2/c1-4-13-12-8-11(14-3)6-5-10(12)7-9(2)15-13/h5-8H,4H2,1-3H3/q+1. The molecule has 1 heterocycles. The second-order valence-corrected chi connectivity index (χ2v) is 3.59. The van der Waals surface area contributed by atoms with E-state index in [2.05, 4.69) is 13.0 Å². The van der Waals surface area contributed by atoms with Crippen molar-refractivity contribution in [3.63, 3.8) is 0 Å². The molecule has 2 rings (SSSR count). The van der Waals surface area contributed by atoms with Crippen molar-refractivity contribution in [2.45, 2.75) is 20.3 Å². The summed E-state index contributed by atoms with van der Waals surface area (Å²) in [6.07, 6.45) is 0.894. The Morgan fingerprint density at radius 1 is 1.27 bits per heavy atom. The lowest BCUT2D eigenvalue weighted by Gasteiger charge is -2.01. The highest BCUT2D eigenvalue weighted by atomic mass is 16.5. The lowest BCUT2D eigenvalue weighted by molar-refractivity contribution is 0.415. The molecule has 2 heteroatoms. The first-order valence-electron chi connectivity index (χ1n) is 5.15. The third-order valence-electron chi connectivity index (χ3n) is 2.52. The quantitative estimate of drug-likeness (QED) is 0.695. The molecule has 2 aromatic rings. The number of methoxy groups -OCH3 is 1. The summed E-state index contributed by atoms with van der Waals surface area (Å²) in [4.78, 5) is 0. The molecule has 1 aromatic heterocycles. The molecule has 0 atom stereocenters. The molecule has 0 fully saturated rings. The number of ether oxygens (including phenoxy) is 1. The molecule has 0 spiro atoms. The Balaban J connectivity index is 2.73. The summed E-state index contributed by atoms with van der Waals surface area (Å²) in [5, 5.41) is 2.35. The lowest BCUT2D eigenvalue weighted by atomic mass is 10.1. The maximum Gasteiger partial charge on any atom is 0.337 e. The van der Waals surface area contributed by atoms with E-state index in [0.717, 1.165) is 29.1 Å². The molecule has 2 nitrogen and oxygen atoms in total. The Hall–Kier alpha value is -1.57. The van der Waals surface area contributed by atoms with Gasteiger partial charge in [-0.05, 0) is 12.1 Å². The van der Waals surface area contributed by atoms with E-state index in [9.17, 15) is 0 Å². The minimum atomic E-state index is 0.872. The van der Waals surface area contributed by atoms with Gasteiger partial charge in [-0.1, -0.05) is 13.0 Å². The largest absolute Gasteiger partial charge is 0.497 e. The van der Waals surface area contributed by atoms with E-state index >= 15 is 0 Å². The van der Waals surface area contributed by atoms with Gasteiger partial charge < -0.3 is 4.74 Å². The van der Waals surface area contributed by atoms with E-state index in [0.29, 0.717) is 0 Å². The minimum absolute atomic E-state index is 0.872. The summed E-state index contributed by atoms with van der Waals surface area (Å²) in [5.74, 6) is 2.84. The molecule has 1 aromatic carbocycles. The molecular formula is C13H15O2+. The van der Waals surface area contributed by atoms with Crippen LogP contribution in [0.3, 0.4) is 0 Å². The second-order valence-electron chi connectivity index (χ2n) is 3.59. The summed E-state index contributed by atoms with van der Waals surface area (Å²) >= 11 is 0. The van der Waals surface area contributed by atoms with Crippen LogP contribution in [-0.2, 0) is 6.42 Å². The molecule has 15 heavy (non-hydrogen) atoms. The van der Waals surface area contributed by atoms with Crippen molar-refractivity contribution in [2.75, 3.05) is 7.11 Å². The van der Waals surface area contributed by atoms with Crippen molar-refractivity contribution in [1.82, 2.24) is 0 Å². The van der Waals surface area contributed by atoms with Gasteiger partial charge in [-0.2, -0.15) is 0 Å². The fraction of sp³-hybridized carbons (Fsp3) is 0.308. The van der Waals surface area contributed by atoms with Crippen LogP contribution in [-0.4, -0.2) is 7.11 Å². The number of rotatable bonds is 2. The van der Waals surface area contributed by atoms with Crippen molar-refractivity contribution in [3.8, 4) is 5.75 Å². The predicted molar refractivity (Wildman–Crippen MR) is 61.3 cm³/mol. The monoisotopic (exact) mass is 203 g/mol. The highest BCUT2D eigenvalue weighted by molar-refractivity contribution is 5.85. The van der Waals surface area contributed by atoms with Gasteiger partial charge in [-0.3, -0.25) is 0 Å². The molecule has 0 saturated heterocycles. The molecule has 0 radical (unpaired) electrons. The summed E-state index contributed by atoms with van der Waals surface area (Å²) in [6.45, 7) is 4.07. The van der Waals surface area contributed by atoms with Crippen LogP contribution in [0, 0.1) is 6.92 Å². The van der Waals surface area contributed by atoms with Gasteiger partial charge in [0.2, 0.25) is 0 Å². The van der Waals surface area contributed by atoms with Crippen LogP contribution in [0.25, 0.3) is 10.8 Å². The van der Waals surface area contributed by atoms with Gasteiger partial charge in [0.1, 0.15) is 5.75 Å². The molecule has 78 valence electrons. The van der Waals surface area contributed by atoms with Gasteiger partial charge in [0, 0.05) is 11.5 Å². The number of hydrogen-bond acceptors (Lipinski definition) is 1. The predicted octanol–water partition coefficient (Wildman–Crippen LogP) is 3.59. The highest BCUT2D eigenvalue weighted by Crippen LogP contribution is 2.25. The van der Waals surface area contributed by atoms with Crippen molar-refractivity contribution in [2.24, 2.45) is 0 Å². The van der Waals surface area contributed by atoms with Crippen molar-refractivity contribution in [3.05, 3.63) is 35.8 Å². The molecular weight excluding hydrogens is 188 g/mol. The summed E-state index contributed by atoms with van der Waals surface area (Å²) in [6, 6.07) is 8.11. The van der Waals surface area contributed by atoms with Gasteiger partial charge in [0.05, 0.1) is 25.8 Å². The van der Waals surface area contributed by atoms with E-state index in [1.54, 1.807) is 7.11 Å². The SMILES string of the molecule is CCc1[o+]c(C)cc2ccc(OC)cc12. The van der Waals surface area contributed by atoms with Gasteiger partial charge in [0.15, 0.2) is 0 Å². The van der Waals surface area contributed by atoms with E-state index in [1.807, 2.05) is 25.1 Å². The molecule has 0 saturated carbocycles. The van der Waals surface area contributed by atoms with Crippen LogP contribution in [0.4, 0.5) is 0 Å². The number of hydrogen-bond donors (Lipinski definition) is 0. The zero-order chi connectivity index (χ0) is 10.8. The Morgan fingerprint density at radius 3 is 2.73 bits per heavy atom. The first kappa shape index (κ1) is 9.97. The third-order valence-corrected chi connectivity index (χ3v) is 2.52. The smallest absolute Gasteiger partial charge is 0.337 e. The fourth-order valence-corrected chi connectivity index (χ4v) is 1.79. The first-order chi connectivity index (χ1) is 7.24. The molecule has 0 bridgehead atoms. The zero-order valence-corrected chi connectivity index (χ0v) is 9.33. The number of aryl methyl sites for hydroxylation is 2. The molecule has 0 aliphatic rings. The second kappa shape index (κ2) is 3.89. The minimum Gasteiger partial charge on any atom is -0.497 e. The lowest BCUT2D eigenvalue weighted by Crippen LogP contribution is -1.88. The Bertz CT molecular complexity index is 489. The van der Waals surface area contributed by atoms with E-state index in [4.69, 9.17) is 9.15 Å². The molecule has 0 unspecified atom stereocenters. The summed E-state index contributed by atoms with van der Waals surface area (Å²) in [5.41, 5.74) is 0. The van der Waals surface area contributed by atoms with Crippen molar-refractivity contribution < 1.29 is 9.15 Å². The summed E-state index contributed by atoms with van der Waals surface area (Å²) in [7, 11) is 1.68. The van der Waals surface area contributed by atoms with E-state index < -0.39 is 0 Å². The maximum absolute atomic E-state index is 5.68. The normalized spacial score (nSPS) is 10.6. The van der Waals surface area contributed by atoms with Crippen molar-refractivity contribution in [1.29, 1.82) is 0 Å². The third kappa shape index (κ3) is 1.80. The van der Waals surface area contributed by atoms with Crippen LogP contribution < -0.4 is 4.74 Å². The topological polar surface area (TPSA) is 20.5 Å². The van der Waals surface area contributed by atoms with Gasteiger partial charge in [-0.25, -0.2) is 4.42 Å². The zero-order valence-electron chi connectivity index (χ0n) is 9.33. The van der Waals surface area contributed by atoms with Gasteiger partial charge in [0.25, 0.3) is 0 Å². The molecule has 0 aliphatic carbocycles. The first-order valence-corrected chi connectivity index (χ1v) is 5.15. The Labute approximate surface area is 89.5 Å². The average molecular weight is 203 g/mol. The molecule has 0 aliphatic heterocycles. The molecule has 0 N–H and O–H groups in total. The van der Waals surface area contributed by atoms with Gasteiger partial charge >= 0.3 is 11.5 Å². The van der Waals surface area contributed by atoms with Gasteiger partial charge in [-0.15, -0.1) is 0 Å². The maximum atomic E-state index is 5.68. The Morgan fingerprint density at radius 2 is 2.07 bits per heavy atom. The average Bonchev–Trinajstić information content (AvgIpc) is 2.27. The number of benzene rings is 1. The fourth-order valence-electron chi connectivity index (χ4n) is 1.79.